The monoisotopic (exact) mass is 226 g/mol. The Kier molecular flexibility index (Phi) is 5.81. The van der Waals surface area contributed by atoms with Crippen molar-refractivity contribution in [3.63, 3.8) is 0 Å². The molecule has 0 N–H and O–H groups in total. The molecule has 0 aromatic rings. The maximum atomic E-state index is 10.9. The first-order valence-corrected chi connectivity index (χ1v) is 6.45. The van der Waals surface area contributed by atoms with Crippen molar-refractivity contribution in [2.75, 3.05) is 27.7 Å². The fourth-order valence-electron chi connectivity index (χ4n) is 2.68. The highest BCUT2D eigenvalue weighted by molar-refractivity contribution is 5.47. The van der Waals surface area contributed by atoms with Gasteiger partial charge in [-0.3, -0.25) is 4.79 Å². The van der Waals surface area contributed by atoms with Gasteiger partial charge in [0.25, 0.3) is 0 Å². The fourth-order valence-corrected chi connectivity index (χ4v) is 2.68. The van der Waals surface area contributed by atoms with E-state index in [-0.39, 0.29) is 0 Å². The third-order valence-corrected chi connectivity index (χ3v) is 3.65. The van der Waals surface area contributed by atoms with Crippen LogP contribution in [-0.4, -0.2) is 49.9 Å². The Labute approximate surface area is 99.8 Å². The van der Waals surface area contributed by atoms with Crippen LogP contribution >= 0.6 is 0 Å². The van der Waals surface area contributed by atoms with E-state index in [1.165, 1.54) is 38.5 Å². The van der Waals surface area contributed by atoms with Gasteiger partial charge in [0.05, 0.1) is 0 Å². The highest BCUT2D eigenvalue weighted by Gasteiger charge is 2.21. The number of carbonyl (C=O) groups excluding carboxylic acids is 1. The van der Waals surface area contributed by atoms with Crippen LogP contribution in [0.4, 0.5) is 0 Å². The molecule has 1 aliphatic carbocycles. The molecule has 94 valence electrons. The van der Waals surface area contributed by atoms with Crippen molar-refractivity contribution in [2.24, 2.45) is 5.92 Å². The Morgan fingerprint density at radius 2 is 1.81 bits per heavy atom. The van der Waals surface area contributed by atoms with Crippen LogP contribution in [0.25, 0.3) is 0 Å². The Morgan fingerprint density at radius 1 is 1.19 bits per heavy atom. The molecule has 1 fully saturated rings. The molecule has 0 spiro atoms. The molecule has 1 aliphatic rings. The van der Waals surface area contributed by atoms with Crippen molar-refractivity contribution < 1.29 is 4.79 Å². The van der Waals surface area contributed by atoms with Crippen LogP contribution < -0.4 is 0 Å². The van der Waals surface area contributed by atoms with E-state index in [1.807, 2.05) is 11.9 Å². The lowest BCUT2D eigenvalue weighted by Crippen LogP contribution is -2.40. The van der Waals surface area contributed by atoms with Crippen LogP contribution in [0.3, 0.4) is 0 Å². The van der Waals surface area contributed by atoms with E-state index < -0.39 is 0 Å². The summed E-state index contributed by atoms with van der Waals surface area (Å²) in [6, 6.07) is 0.385. The molecule has 0 aromatic heterocycles. The zero-order valence-electron chi connectivity index (χ0n) is 11.0. The summed E-state index contributed by atoms with van der Waals surface area (Å²) in [5.74, 6) is 0.834. The molecule has 1 saturated carbocycles. The number of rotatable bonds is 6. The number of nitrogens with zero attached hydrogens (tertiary/aromatic N) is 2. The molecule has 16 heavy (non-hydrogen) atoms. The van der Waals surface area contributed by atoms with Crippen molar-refractivity contribution in [1.82, 2.24) is 9.80 Å². The van der Waals surface area contributed by atoms with E-state index in [4.69, 9.17) is 0 Å². The van der Waals surface area contributed by atoms with Crippen LogP contribution in [0, 0.1) is 5.92 Å². The van der Waals surface area contributed by atoms with Crippen LogP contribution in [0.5, 0.6) is 0 Å². The SMILES string of the molecule is CN(C)CC(CC1CCCCC1)N(C)C=O. The van der Waals surface area contributed by atoms with Gasteiger partial charge in [-0.05, 0) is 26.4 Å². The summed E-state index contributed by atoms with van der Waals surface area (Å²) in [6.07, 6.45) is 9.02. The van der Waals surface area contributed by atoms with Gasteiger partial charge in [-0.25, -0.2) is 0 Å². The minimum atomic E-state index is 0.385. The zero-order valence-corrected chi connectivity index (χ0v) is 11.0. The summed E-state index contributed by atoms with van der Waals surface area (Å²) in [4.78, 5) is 14.9. The molecule has 0 aliphatic heterocycles. The van der Waals surface area contributed by atoms with Crippen molar-refractivity contribution >= 4 is 6.41 Å². The summed E-state index contributed by atoms with van der Waals surface area (Å²) in [5.41, 5.74) is 0. The van der Waals surface area contributed by atoms with Gasteiger partial charge in [-0.2, -0.15) is 0 Å². The van der Waals surface area contributed by atoms with Crippen molar-refractivity contribution in [3.8, 4) is 0 Å². The number of hydrogen-bond donors (Lipinski definition) is 0. The Balaban J connectivity index is 2.44. The molecule has 0 heterocycles. The van der Waals surface area contributed by atoms with Crippen LogP contribution in [-0.2, 0) is 4.79 Å². The number of carbonyl (C=O) groups is 1. The molecular formula is C13H26N2O. The van der Waals surface area contributed by atoms with E-state index in [0.29, 0.717) is 6.04 Å². The molecule has 3 heteroatoms. The standard InChI is InChI=1S/C13H26N2O/c1-14(2)10-13(15(3)11-16)9-12-7-5-4-6-8-12/h11-13H,4-10H2,1-3H3. The third kappa shape index (κ3) is 4.52. The van der Waals surface area contributed by atoms with E-state index in [1.54, 1.807) is 0 Å². The van der Waals surface area contributed by atoms with Gasteiger partial charge in [-0.1, -0.05) is 32.1 Å². The maximum Gasteiger partial charge on any atom is 0.209 e. The summed E-state index contributed by atoms with van der Waals surface area (Å²) < 4.78 is 0. The summed E-state index contributed by atoms with van der Waals surface area (Å²) in [7, 11) is 6.06. The number of amides is 1. The lowest BCUT2D eigenvalue weighted by molar-refractivity contribution is -0.119. The van der Waals surface area contributed by atoms with Crippen LogP contribution in [0.15, 0.2) is 0 Å². The Hall–Kier alpha value is -0.570. The quantitative estimate of drug-likeness (QED) is 0.647. The second-order valence-corrected chi connectivity index (χ2v) is 5.43. The predicted octanol–water partition coefficient (Wildman–Crippen LogP) is 1.98. The Morgan fingerprint density at radius 3 is 2.31 bits per heavy atom. The van der Waals surface area contributed by atoms with E-state index >= 15 is 0 Å². The first-order valence-electron chi connectivity index (χ1n) is 6.45. The van der Waals surface area contributed by atoms with E-state index in [2.05, 4.69) is 19.0 Å². The molecule has 0 radical (unpaired) electrons. The third-order valence-electron chi connectivity index (χ3n) is 3.65. The van der Waals surface area contributed by atoms with Crippen molar-refractivity contribution in [3.05, 3.63) is 0 Å². The lowest BCUT2D eigenvalue weighted by atomic mass is 9.84. The second kappa shape index (κ2) is 6.89. The normalized spacial score (nSPS) is 19.8. The fraction of sp³-hybridized carbons (Fsp3) is 0.923. The average Bonchev–Trinajstić information content (AvgIpc) is 2.28. The molecule has 1 rings (SSSR count). The van der Waals surface area contributed by atoms with Crippen molar-refractivity contribution in [1.29, 1.82) is 0 Å². The van der Waals surface area contributed by atoms with Gasteiger partial charge >= 0.3 is 0 Å². The highest BCUT2D eigenvalue weighted by Crippen LogP contribution is 2.28. The minimum Gasteiger partial charge on any atom is -0.344 e. The summed E-state index contributed by atoms with van der Waals surface area (Å²) in [5, 5.41) is 0. The number of likely N-dealkylation sites (N-methyl/N-ethyl adjacent to an activating group) is 2. The second-order valence-electron chi connectivity index (χ2n) is 5.43. The molecule has 1 atom stereocenters. The zero-order chi connectivity index (χ0) is 12.0. The predicted molar refractivity (Wildman–Crippen MR) is 67.4 cm³/mol. The molecular weight excluding hydrogens is 200 g/mol. The van der Waals surface area contributed by atoms with Gasteiger partial charge in [0.2, 0.25) is 6.41 Å². The molecule has 3 nitrogen and oxygen atoms in total. The van der Waals surface area contributed by atoms with Gasteiger partial charge in [-0.15, -0.1) is 0 Å². The highest BCUT2D eigenvalue weighted by atomic mass is 16.1. The van der Waals surface area contributed by atoms with Crippen LogP contribution in [0.2, 0.25) is 0 Å². The lowest BCUT2D eigenvalue weighted by Gasteiger charge is -2.32. The smallest absolute Gasteiger partial charge is 0.209 e. The van der Waals surface area contributed by atoms with Gasteiger partial charge < -0.3 is 9.80 Å². The Bertz CT molecular complexity index is 200. The average molecular weight is 226 g/mol. The molecule has 1 unspecified atom stereocenters. The van der Waals surface area contributed by atoms with Crippen LogP contribution in [0.1, 0.15) is 38.5 Å². The minimum absolute atomic E-state index is 0.385. The summed E-state index contributed by atoms with van der Waals surface area (Å²) in [6.45, 7) is 0.978. The van der Waals surface area contributed by atoms with E-state index in [9.17, 15) is 4.79 Å². The number of hydrogen-bond acceptors (Lipinski definition) is 2. The van der Waals surface area contributed by atoms with E-state index in [0.717, 1.165) is 18.9 Å². The summed E-state index contributed by atoms with van der Waals surface area (Å²) >= 11 is 0. The molecule has 0 bridgehead atoms. The first-order chi connectivity index (χ1) is 7.63. The molecule has 0 saturated heterocycles. The molecule has 1 amide bonds. The molecule has 0 aromatic carbocycles. The van der Waals surface area contributed by atoms with Gasteiger partial charge in [0.15, 0.2) is 0 Å². The maximum absolute atomic E-state index is 10.9. The van der Waals surface area contributed by atoms with Crippen molar-refractivity contribution in [2.45, 2.75) is 44.6 Å². The largest absolute Gasteiger partial charge is 0.344 e. The van der Waals surface area contributed by atoms with Gasteiger partial charge in [0, 0.05) is 19.6 Å². The topological polar surface area (TPSA) is 23.6 Å². The first kappa shape index (κ1) is 13.5. The van der Waals surface area contributed by atoms with Gasteiger partial charge in [0.1, 0.15) is 0 Å².